The van der Waals surface area contributed by atoms with Crippen LogP contribution < -0.4 is 0 Å². The molecule has 0 saturated heterocycles. The van der Waals surface area contributed by atoms with Crippen molar-refractivity contribution in [3.63, 3.8) is 0 Å². The molecule has 0 radical (unpaired) electrons. The van der Waals surface area contributed by atoms with Crippen molar-refractivity contribution in [2.75, 3.05) is 0 Å². The van der Waals surface area contributed by atoms with Crippen LogP contribution in [0.25, 0.3) is 5.70 Å². The fourth-order valence-corrected chi connectivity index (χ4v) is 2.28. The van der Waals surface area contributed by atoms with Gasteiger partial charge in [-0.05, 0) is 29.7 Å². The maximum Gasteiger partial charge on any atom is 0.212 e. The second-order valence-electron chi connectivity index (χ2n) is 5.69. The van der Waals surface area contributed by atoms with Gasteiger partial charge >= 0.3 is 0 Å². The Morgan fingerprint density at radius 2 is 2.00 bits per heavy atom. The number of hydrogen-bond donors (Lipinski definition) is 0. The van der Waals surface area contributed by atoms with Crippen molar-refractivity contribution in [2.24, 2.45) is 5.41 Å². The summed E-state index contributed by atoms with van der Waals surface area (Å²) in [5.74, 6) is -0.225. The van der Waals surface area contributed by atoms with Crippen molar-refractivity contribution in [1.82, 2.24) is 14.8 Å². The van der Waals surface area contributed by atoms with E-state index in [1.165, 1.54) is 17.3 Å². The number of allylic oxidation sites excluding steroid dienone is 2. The van der Waals surface area contributed by atoms with Gasteiger partial charge in [0.25, 0.3) is 0 Å². The molecule has 1 aromatic heterocycles. The molecule has 0 N–H and O–H groups in total. The van der Waals surface area contributed by atoms with Gasteiger partial charge in [0.15, 0.2) is 0 Å². The predicted molar refractivity (Wildman–Crippen MR) is 84.5 cm³/mol. The van der Waals surface area contributed by atoms with E-state index >= 15 is 0 Å². The third kappa shape index (κ3) is 3.93. The van der Waals surface area contributed by atoms with Crippen molar-refractivity contribution in [1.29, 1.82) is 0 Å². The maximum atomic E-state index is 12.8. The normalized spacial score (nSPS) is 12.5. The van der Waals surface area contributed by atoms with E-state index in [1.54, 1.807) is 18.2 Å². The molecule has 6 heteroatoms. The molecule has 2 rings (SSSR count). The minimum Gasteiger partial charge on any atom is -0.287 e. The van der Waals surface area contributed by atoms with E-state index < -0.39 is 0 Å². The molecule has 1 aromatic carbocycles. The molecule has 0 unspecified atom stereocenters. The fraction of sp³-hybridized carbons (Fsp3) is 0.267. The molecule has 2 aromatic rings. The molecule has 0 amide bonds. The molecule has 0 aliphatic heterocycles. The summed E-state index contributed by atoms with van der Waals surface area (Å²) in [6.45, 7) is 6.00. The highest BCUT2D eigenvalue weighted by molar-refractivity contribution is 6.39. The van der Waals surface area contributed by atoms with E-state index in [4.69, 9.17) is 23.2 Å². The van der Waals surface area contributed by atoms with Gasteiger partial charge in [-0.2, -0.15) is 5.10 Å². The first-order chi connectivity index (χ1) is 9.78. The van der Waals surface area contributed by atoms with Gasteiger partial charge in [0.05, 0.1) is 5.02 Å². The number of rotatable bonds is 3. The van der Waals surface area contributed by atoms with Crippen LogP contribution in [0, 0.1) is 5.41 Å². The molecule has 110 valence electrons. The van der Waals surface area contributed by atoms with Crippen LogP contribution in [-0.4, -0.2) is 20.5 Å². The van der Waals surface area contributed by atoms with Gasteiger partial charge in [0.2, 0.25) is 5.78 Å². The number of Topliss-reactive ketones (excluding diaryl/α,β-unsaturated/α-hetero) is 1. The Labute approximate surface area is 133 Å². The molecule has 4 nitrogen and oxygen atoms in total. The SMILES string of the molecule is CC(C)(C)C=C(C(=O)c1ccc(Cl)cc1Cl)n1cncn1. The lowest BCUT2D eigenvalue weighted by Gasteiger charge is -2.16. The molecule has 0 fully saturated rings. The molecule has 0 bridgehead atoms. The van der Waals surface area contributed by atoms with E-state index in [0.717, 1.165) is 0 Å². The summed E-state index contributed by atoms with van der Waals surface area (Å²) in [5.41, 5.74) is 0.590. The van der Waals surface area contributed by atoms with E-state index in [2.05, 4.69) is 10.1 Å². The van der Waals surface area contributed by atoms with Crippen LogP contribution in [0.15, 0.2) is 36.9 Å². The Morgan fingerprint density at radius 3 is 2.52 bits per heavy atom. The van der Waals surface area contributed by atoms with Gasteiger partial charge < -0.3 is 0 Å². The first-order valence-corrected chi connectivity index (χ1v) is 7.11. The van der Waals surface area contributed by atoms with Crippen molar-refractivity contribution in [2.45, 2.75) is 20.8 Å². The molecule has 0 saturated carbocycles. The zero-order valence-electron chi connectivity index (χ0n) is 12.0. The standard InChI is InChI=1S/C15H15Cl2N3O/c1-15(2,3)7-13(20-9-18-8-19-20)14(21)11-5-4-10(16)6-12(11)17/h4-9H,1-3H3. The second-order valence-corrected chi connectivity index (χ2v) is 6.53. The van der Waals surface area contributed by atoms with E-state index in [-0.39, 0.29) is 11.2 Å². The summed E-state index contributed by atoms with van der Waals surface area (Å²) < 4.78 is 1.44. The maximum absolute atomic E-state index is 12.8. The monoisotopic (exact) mass is 323 g/mol. The molecular weight excluding hydrogens is 309 g/mol. The molecule has 0 atom stereocenters. The average molecular weight is 324 g/mol. The van der Waals surface area contributed by atoms with E-state index in [9.17, 15) is 4.79 Å². The Kier molecular flexibility index (Phi) is 4.49. The van der Waals surface area contributed by atoms with Gasteiger partial charge in [-0.3, -0.25) is 4.79 Å². The largest absolute Gasteiger partial charge is 0.287 e. The lowest BCUT2D eigenvalue weighted by Crippen LogP contribution is -2.14. The van der Waals surface area contributed by atoms with Gasteiger partial charge in [-0.25, -0.2) is 9.67 Å². The molecule has 1 heterocycles. The highest BCUT2D eigenvalue weighted by atomic mass is 35.5. The van der Waals surface area contributed by atoms with Gasteiger partial charge in [-0.15, -0.1) is 0 Å². The highest BCUT2D eigenvalue weighted by Gasteiger charge is 2.21. The van der Waals surface area contributed by atoms with Crippen LogP contribution in [-0.2, 0) is 0 Å². The zero-order valence-corrected chi connectivity index (χ0v) is 13.5. The second kappa shape index (κ2) is 6.00. The number of hydrogen-bond acceptors (Lipinski definition) is 3. The topological polar surface area (TPSA) is 47.8 Å². The first-order valence-electron chi connectivity index (χ1n) is 6.35. The minimum atomic E-state index is -0.225. The lowest BCUT2D eigenvalue weighted by atomic mass is 9.93. The van der Waals surface area contributed by atoms with Crippen LogP contribution in [0.3, 0.4) is 0 Å². The minimum absolute atomic E-state index is 0.199. The number of aromatic nitrogens is 3. The molecule has 0 spiro atoms. The fourth-order valence-electron chi connectivity index (χ4n) is 1.79. The average Bonchev–Trinajstić information content (AvgIpc) is 2.87. The number of benzene rings is 1. The summed E-state index contributed by atoms with van der Waals surface area (Å²) >= 11 is 12.0. The Balaban J connectivity index is 2.52. The van der Waals surface area contributed by atoms with Crippen LogP contribution in [0.4, 0.5) is 0 Å². The molecule has 0 aliphatic rings. The van der Waals surface area contributed by atoms with Crippen LogP contribution in [0.5, 0.6) is 0 Å². The first kappa shape index (κ1) is 15.7. The van der Waals surface area contributed by atoms with Gasteiger partial charge in [-0.1, -0.05) is 44.0 Å². The van der Waals surface area contributed by atoms with E-state index in [1.807, 2.05) is 26.8 Å². The van der Waals surface area contributed by atoms with Crippen molar-refractivity contribution in [3.8, 4) is 0 Å². The lowest BCUT2D eigenvalue weighted by molar-refractivity contribution is 0.104. The number of halogens is 2. The summed E-state index contributed by atoms with van der Waals surface area (Å²) in [7, 11) is 0. The van der Waals surface area contributed by atoms with Gasteiger partial charge in [0.1, 0.15) is 18.4 Å². The predicted octanol–water partition coefficient (Wildman–Crippen LogP) is 4.35. The van der Waals surface area contributed by atoms with Crippen molar-refractivity contribution < 1.29 is 4.79 Å². The summed E-state index contributed by atoms with van der Waals surface area (Å²) in [4.78, 5) is 16.7. The number of carbonyl (C=O) groups is 1. The van der Waals surface area contributed by atoms with Crippen LogP contribution >= 0.6 is 23.2 Å². The third-order valence-corrected chi connectivity index (χ3v) is 3.19. The molecule has 21 heavy (non-hydrogen) atoms. The quantitative estimate of drug-likeness (QED) is 0.623. The number of nitrogens with zero attached hydrogens (tertiary/aromatic N) is 3. The van der Waals surface area contributed by atoms with E-state index in [0.29, 0.717) is 21.3 Å². The zero-order chi connectivity index (χ0) is 15.6. The van der Waals surface area contributed by atoms with Crippen molar-refractivity contribution >= 4 is 34.7 Å². The Hall–Kier alpha value is -1.65. The molecule has 0 aliphatic carbocycles. The van der Waals surface area contributed by atoms with Crippen LogP contribution in [0.2, 0.25) is 10.0 Å². The highest BCUT2D eigenvalue weighted by Crippen LogP contribution is 2.27. The Bertz CT molecular complexity index is 685. The number of carbonyl (C=O) groups excluding carboxylic acids is 1. The smallest absolute Gasteiger partial charge is 0.212 e. The number of ketones is 1. The Morgan fingerprint density at radius 1 is 1.29 bits per heavy atom. The van der Waals surface area contributed by atoms with Gasteiger partial charge in [0, 0.05) is 10.6 Å². The summed E-state index contributed by atoms with van der Waals surface area (Å²) in [5, 5.41) is 4.84. The van der Waals surface area contributed by atoms with Crippen LogP contribution in [0.1, 0.15) is 31.1 Å². The summed E-state index contributed by atoms with van der Waals surface area (Å²) in [6.07, 6.45) is 4.71. The van der Waals surface area contributed by atoms with Crippen molar-refractivity contribution in [3.05, 3.63) is 52.5 Å². The summed E-state index contributed by atoms with van der Waals surface area (Å²) in [6, 6.07) is 4.80. The third-order valence-electron chi connectivity index (χ3n) is 2.64. The molecular formula is C15H15Cl2N3O.